The summed E-state index contributed by atoms with van der Waals surface area (Å²) in [7, 11) is 0. The molecule has 1 amide bonds. The van der Waals surface area contributed by atoms with Gasteiger partial charge in [0.25, 0.3) is 5.91 Å². The van der Waals surface area contributed by atoms with Crippen LogP contribution in [0.4, 0.5) is 0 Å². The second-order valence-corrected chi connectivity index (χ2v) is 5.22. The second kappa shape index (κ2) is 6.47. The van der Waals surface area contributed by atoms with Gasteiger partial charge in [-0.2, -0.15) is 15.3 Å². The Morgan fingerprint density at radius 3 is 2.70 bits per heavy atom. The molecule has 0 saturated carbocycles. The Morgan fingerprint density at radius 2 is 2.00 bits per heavy atom. The van der Waals surface area contributed by atoms with Gasteiger partial charge in [0.2, 0.25) is 0 Å². The van der Waals surface area contributed by atoms with E-state index >= 15 is 0 Å². The average molecular weight is 313 g/mol. The summed E-state index contributed by atoms with van der Waals surface area (Å²) in [6.45, 7) is 5.20. The van der Waals surface area contributed by atoms with E-state index in [2.05, 4.69) is 20.6 Å². The molecule has 0 aliphatic carbocycles. The van der Waals surface area contributed by atoms with E-state index in [-0.39, 0.29) is 11.9 Å². The fourth-order valence-electron chi connectivity index (χ4n) is 2.22. The summed E-state index contributed by atoms with van der Waals surface area (Å²) in [5, 5.41) is 15.7. The van der Waals surface area contributed by atoms with Gasteiger partial charge in [0.05, 0.1) is 11.7 Å². The highest BCUT2D eigenvalue weighted by Crippen LogP contribution is 2.10. The van der Waals surface area contributed by atoms with Crippen molar-refractivity contribution in [2.75, 3.05) is 0 Å². The molecule has 0 bridgehead atoms. The Bertz CT molecular complexity index is 771. The van der Waals surface area contributed by atoms with Crippen molar-refractivity contribution in [3.05, 3.63) is 54.4 Å². The molecule has 3 heterocycles. The Hall–Kier alpha value is -2.90. The zero-order valence-corrected chi connectivity index (χ0v) is 13.1. The molecule has 8 nitrogen and oxygen atoms in total. The molecule has 8 heteroatoms. The van der Waals surface area contributed by atoms with Crippen molar-refractivity contribution in [1.29, 1.82) is 0 Å². The molecule has 0 saturated heterocycles. The monoisotopic (exact) mass is 313 g/mol. The van der Waals surface area contributed by atoms with Crippen LogP contribution in [0.5, 0.6) is 0 Å². The smallest absolute Gasteiger partial charge is 0.272 e. The summed E-state index contributed by atoms with van der Waals surface area (Å²) in [6, 6.07) is 5.27. The van der Waals surface area contributed by atoms with E-state index in [0.717, 1.165) is 12.2 Å². The Balaban J connectivity index is 1.62. The molecule has 0 aliphatic heterocycles. The van der Waals surface area contributed by atoms with Gasteiger partial charge in [0.1, 0.15) is 12.4 Å². The van der Waals surface area contributed by atoms with E-state index in [1.54, 1.807) is 27.8 Å². The first-order valence-electron chi connectivity index (χ1n) is 7.51. The molecule has 0 aliphatic rings. The zero-order chi connectivity index (χ0) is 16.2. The van der Waals surface area contributed by atoms with E-state index in [1.165, 1.54) is 0 Å². The third-order valence-electron chi connectivity index (χ3n) is 3.50. The maximum absolute atomic E-state index is 12.3. The topological polar surface area (TPSA) is 82.6 Å². The SMILES string of the molecule is CCn1ccc(C(C)NC(=O)c2ccn(Cn3cccn3)n2)n1. The maximum Gasteiger partial charge on any atom is 0.272 e. The number of carbonyl (C=O) groups excluding carboxylic acids is 1. The number of carbonyl (C=O) groups is 1. The van der Waals surface area contributed by atoms with Crippen molar-refractivity contribution >= 4 is 5.91 Å². The minimum Gasteiger partial charge on any atom is -0.342 e. The predicted molar refractivity (Wildman–Crippen MR) is 83.6 cm³/mol. The number of hydrogen-bond donors (Lipinski definition) is 1. The van der Waals surface area contributed by atoms with Gasteiger partial charge in [-0.3, -0.25) is 18.8 Å². The minimum atomic E-state index is -0.220. The Morgan fingerprint density at radius 1 is 1.17 bits per heavy atom. The molecule has 1 atom stereocenters. The molecule has 0 aromatic carbocycles. The first kappa shape index (κ1) is 15.0. The number of hydrogen-bond acceptors (Lipinski definition) is 4. The molecular weight excluding hydrogens is 294 g/mol. The lowest BCUT2D eigenvalue weighted by Crippen LogP contribution is -2.27. The Labute approximate surface area is 133 Å². The van der Waals surface area contributed by atoms with E-state index in [0.29, 0.717) is 12.4 Å². The summed E-state index contributed by atoms with van der Waals surface area (Å²) in [4.78, 5) is 12.3. The number of aromatic nitrogens is 6. The van der Waals surface area contributed by atoms with Gasteiger partial charge in [-0.25, -0.2) is 0 Å². The first-order chi connectivity index (χ1) is 11.2. The van der Waals surface area contributed by atoms with Crippen molar-refractivity contribution in [2.24, 2.45) is 0 Å². The van der Waals surface area contributed by atoms with Crippen LogP contribution in [0.15, 0.2) is 43.0 Å². The largest absolute Gasteiger partial charge is 0.342 e. The van der Waals surface area contributed by atoms with Crippen LogP contribution < -0.4 is 5.32 Å². The predicted octanol–water partition coefficient (Wildman–Crippen LogP) is 1.29. The van der Waals surface area contributed by atoms with Crippen molar-refractivity contribution in [3.8, 4) is 0 Å². The quantitative estimate of drug-likeness (QED) is 0.743. The van der Waals surface area contributed by atoms with Crippen LogP contribution in [0.2, 0.25) is 0 Å². The molecule has 3 aromatic heterocycles. The fraction of sp³-hybridized carbons (Fsp3) is 0.333. The highest BCUT2D eigenvalue weighted by atomic mass is 16.2. The lowest BCUT2D eigenvalue weighted by molar-refractivity contribution is 0.0933. The van der Waals surface area contributed by atoms with Gasteiger partial charge in [-0.05, 0) is 32.0 Å². The molecule has 3 aromatic rings. The summed E-state index contributed by atoms with van der Waals surface area (Å²) in [5.41, 5.74) is 1.20. The highest BCUT2D eigenvalue weighted by Gasteiger charge is 2.15. The van der Waals surface area contributed by atoms with Gasteiger partial charge in [0.15, 0.2) is 0 Å². The van der Waals surface area contributed by atoms with Gasteiger partial charge >= 0.3 is 0 Å². The normalized spacial score (nSPS) is 12.3. The van der Waals surface area contributed by atoms with Crippen LogP contribution in [-0.2, 0) is 13.2 Å². The van der Waals surface area contributed by atoms with Crippen molar-refractivity contribution in [2.45, 2.75) is 33.1 Å². The minimum absolute atomic E-state index is 0.174. The molecule has 0 fully saturated rings. The summed E-state index contributed by atoms with van der Waals surface area (Å²) in [6.07, 6.45) is 7.20. The van der Waals surface area contributed by atoms with Crippen LogP contribution >= 0.6 is 0 Å². The number of rotatable bonds is 6. The summed E-state index contributed by atoms with van der Waals surface area (Å²) < 4.78 is 5.23. The maximum atomic E-state index is 12.3. The van der Waals surface area contributed by atoms with Crippen LogP contribution in [0.25, 0.3) is 0 Å². The van der Waals surface area contributed by atoms with Crippen molar-refractivity contribution in [1.82, 2.24) is 34.7 Å². The molecule has 0 spiro atoms. The highest BCUT2D eigenvalue weighted by molar-refractivity contribution is 5.92. The molecule has 1 N–H and O–H groups in total. The van der Waals surface area contributed by atoms with Crippen LogP contribution in [0, 0.1) is 0 Å². The van der Waals surface area contributed by atoms with Crippen LogP contribution in [0.1, 0.15) is 36.1 Å². The lowest BCUT2D eigenvalue weighted by Gasteiger charge is -2.10. The van der Waals surface area contributed by atoms with E-state index in [9.17, 15) is 4.79 Å². The van der Waals surface area contributed by atoms with Gasteiger partial charge in [-0.1, -0.05) is 0 Å². The molecule has 1 unspecified atom stereocenters. The third kappa shape index (κ3) is 3.47. The zero-order valence-electron chi connectivity index (χ0n) is 13.1. The second-order valence-electron chi connectivity index (χ2n) is 5.22. The average Bonchev–Trinajstić information content (AvgIpc) is 3.29. The van der Waals surface area contributed by atoms with Crippen molar-refractivity contribution in [3.63, 3.8) is 0 Å². The van der Waals surface area contributed by atoms with Gasteiger partial charge in [0, 0.05) is 31.3 Å². The molecule has 23 heavy (non-hydrogen) atoms. The number of nitrogens with zero attached hydrogens (tertiary/aromatic N) is 6. The molecule has 0 radical (unpaired) electrons. The summed E-state index contributed by atoms with van der Waals surface area (Å²) >= 11 is 0. The number of nitrogens with one attached hydrogen (secondary N) is 1. The standard InChI is InChI=1S/C15H19N7O/c1-3-20-9-5-13(18-20)12(2)17-15(23)14-6-10-22(19-14)11-21-8-4-7-16-21/h4-10,12H,3,11H2,1-2H3,(H,17,23). The van der Waals surface area contributed by atoms with E-state index < -0.39 is 0 Å². The molecule has 120 valence electrons. The van der Waals surface area contributed by atoms with Crippen molar-refractivity contribution < 1.29 is 4.79 Å². The van der Waals surface area contributed by atoms with Crippen LogP contribution in [-0.4, -0.2) is 35.2 Å². The van der Waals surface area contributed by atoms with Gasteiger partial charge < -0.3 is 5.32 Å². The molecular formula is C15H19N7O. The lowest BCUT2D eigenvalue weighted by atomic mass is 10.2. The first-order valence-corrected chi connectivity index (χ1v) is 7.51. The fourth-order valence-corrected chi connectivity index (χ4v) is 2.22. The van der Waals surface area contributed by atoms with E-state index in [1.807, 2.05) is 43.1 Å². The van der Waals surface area contributed by atoms with Crippen LogP contribution in [0.3, 0.4) is 0 Å². The van der Waals surface area contributed by atoms with E-state index in [4.69, 9.17) is 0 Å². The Kier molecular flexibility index (Phi) is 4.22. The molecule has 3 rings (SSSR count). The number of aryl methyl sites for hydroxylation is 1. The number of amides is 1. The third-order valence-corrected chi connectivity index (χ3v) is 3.50. The summed E-state index contributed by atoms with van der Waals surface area (Å²) in [5.74, 6) is -0.220. The van der Waals surface area contributed by atoms with Gasteiger partial charge in [-0.15, -0.1) is 0 Å².